The Morgan fingerprint density at radius 2 is 1.82 bits per heavy atom. The Hall–Kier alpha value is -1.75. The predicted molar refractivity (Wildman–Crippen MR) is 68.6 cm³/mol. The number of hydrogen-bond donors (Lipinski definition) is 2. The van der Waals surface area contributed by atoms with E-state index in [4.69, 9.17) is 15.3 Å². The molecule has 1 aromatic carbocycles. The molecule has 0 amide bonds. The van der Waals surface area contributed by atoms with Gasteiger partial charge in [0.15, 0.2) is 0 Å². The molecule has 5 heteroatoms. The molecular formula is C12H19N3O2. The number of aliphatic imine (C=N–C) groups is 1. The van der Waals surface area contributed by atoms with Gasteiger partial charge in [0.2, 0.25) is 0 Å². The second-order valence-electron chi connectivity index (χ2n) is 3.48. The third kappa shape index (κ3) is 3.64. The number of amidine groups is 1. The highest BCUT2D eigenvalue weighted by atomic mass is 16.5. The van der Waals surface area contributed by atoms with Crippen LogP contribution >= 0.6 is 0 Å². The highest BCUT2D eigenvalue weighted by molar-refractivity contribution is 5.99. The summed E-state index contributed by atoms with van der Waals surface area (Å²) in [4.78, 5) is 4.35. The van der Waals surface area contributed by atoms with Crippen LogP contribution in [0.1, 0.15) is 18.9 Å². The van der Waals surface area contributed by atoms with Gasteiger partial charge >= 0.3 is 0 Å². The Labute approximate surface area is 102 Å². The molecule has 0 heterocycles. The maximum absolute atomic E-state index is 5.47. The van der Waals surface area contributed by atoms with Gasteiger partial charge in [0, 0.05) is 18.2 Å². The minimum atomic E-state index is 0.629. The lowest BCUT2D eigenvalue weighted by atomic mass is 10.2. The van der Waals surface area contributed by atoms with Crippen molar-refractivity contribution < 1.29 is 9.47 Å². The Balaban J connectivity index is 3.09. The lowest BCUT2D eigenvalue weighted by Gasteiger charge is -2.10. The molecule has 1 aromatic rings. The summed E-state index contributed by atoms with van der Waals surface area (Å²) in [5.74, 6) is 7.51. The largest absolute Gasteiger partial charge is 0.497 e. The lowest BCUT2D eigenvalue weighted by Crippen LogP contribution is -2.31. The van der Waals surface area contributed by atoms with Gasteiger partial charge in [-0.3, -0.25) is 4.99 Å². The minimum absolute atomic E-state index is 0.629. The summed E-state index contributed by atoms with van der Waals surface area (Å²) >= 11 is 0. The normalized spacial score (nSPS) is 11.2. The van der Waals surface area contributed by atoms with Gasteiger partial charge in [0.1, 0.15) is 17.3 Å². The van der Waals surface area contributed by atoms with Crippen LogP contribution in [0.25, 0.3) is 0 Å². The number of hydrazine groups is 1. The van der Waals surface area contributed by atoms with Gasteiger partial charge < -0.3 is 14.9 Å². The third-order valence-corrected chi connectivity index (χ3v) is 2.26. The number of hydrogen-bond acceptors (Lipinski definition) is 4. The second kappa shape index (κ2) is 6.75. The number of nitrogens with one attached hydrogen (secondary N) is 1. The van der Waals surface area contributed by atoms with Crippen molar-refractivity contribution in [2.75, 3.05) is 20.8 Å². The van der Waals surface area contributed by atoms with Crippen LogP contribution in [0.4, 0.5) is 0 Å². The van der Waals surface area contributed by atoms with Gasteiger partial charge in [-0.25, -0.2) is 5.84 Å². The van der Waals surface area contributed by atoms with Gasteiger partial charge in [-0.2, -0.15) is 0 Å². The van der Waals surface area contributed by atoms with E-state index in [9.17, 15) is 0 Å². The number of nitrogens with two attached hydrogens (primary N) is 1. The van der Waals surface area contributed by atoms with Crippen molar-refractivity contribution in [3.63, 3.8) is 0 Å². The van der Waals surface area contributed by atoms with Gasteiger partial charge in [-0.15, -0.1) is 0 Å². The first-order valence-electron chi connectivity index (χ1n) is 5.49. The first kappa shape index (κ1) is 13.3. The van der Waals surface area contributed by atoms with Crippen LogP contribution in [0.5, 0.6) is 11.5 Å². The molecule has 0 bridgehead atoms. The van der Waals surface area contributed by atoms with Crippen molar-refractivity contribution in [1.29, 1.82) is 0 Å². The van der Waals surface area contributed by atoms with Crippen molar-refractivity contribution in [3.8, 4) is 11.5 Å². The standard InChI is InChI=1S/C12H19N3O2/c1-4-5-14-12(15-13)9-6-10(16-2)8-11(7-9)17-3/h6-8H,4-5,13H2,1-3H3,(H,14,15). The van der Waals surface area contributed by atoms with Gasteiger partial charge in [-0.05, 0) is 18.6 Å². The Morgan fingerprint density at radius 1 is 1.24 bits per heavy atom. The molecule has 1 rings (SSSR count). The van der Waals surface area contributed by atoms with Crippen molar-refractivity contribution in [2.45, 2.75) is 13.3 Å². The zero-order valence-corrected chi connectivity index (χ0v) is 10.5. The van der Waals surface area contributed by atoms with Crippen LogP contribution in [0.3, 0.4) is 0 Å². The molecule has 0 saturated carbocycles. The summed E-state index contributed by atoms with van der Waals surface area (Å²) in [6.07, 6.45) is 0.965. The molecule has 0 aliphatic carbocycles. The molecule has 0 spiro atoms. The first-order chi connectivity index (χ1) is 8.24. The van der Waals surface area contributed by atoms with E-state index in [1.807, 2.05) is 12.1 Å². The van der Waals surface area contributed by atoms with Crippen LogP contribution in [-0.4, -0.2) is 26.6 Å². The molecule has 5 nitrogen and oxygen atoms in total. The summed E-state index contributed by atoms with van der Waals surface area (Å²) in [6, 6.07) is 5.52. The molecule has 0 aliphatic heterocycles. The van der Waals surface area contributed by atoms with Gasteiger partial charge in [0.25, 0.3) is 0 Å². The molecule has 0 unspecified atom stereocenters. The fourth-order valence-electron chi connectivity index (χ4n) is 1.39. The summed E-state index contributed by atoms with van der Waals surface area (Å²) in [5.41, 5.74) is 3.44. The Morgan fingerprint density at radius 3 is 2.24 bits per heavy atom. The van der Waals surface area contributed by atoms with E-state index < -0.39 is 0 Å². The van der Waals surface area contributed by atoms with Crippen molar-refractivity contribution in [2.24, 2.45) is 10.8 Å². The highest BCUT2D eigenvalue weighted by Gasteiger charge is 2.06. The van der Waals surface area contributed by atoms with Crippen LogP contribution in [-0.2, 0) is 0 Å². The highest BCUT2D eigenvalue weighted by Crippen LogP contribution is 2.22. The van der Waals surface area contributed by atoms with Crippen LogP contribution in [0.15, 0.2) is 23.2 Å². The van der Waals surface area contributed by atoms with Crippen molar-refractivity contribution in [1.82, 2.24) is 5.43 Å². The monoisotopic (exact) mass is 237 g/mol. The molecular weight excluding hydrogens is 218 g/mol. The van der Waals surface area contributed by atoms with Crippen LogP contribution in [0.2, 0.25) is 0 Å². The maximum atomic E-state index is 5.47. The van der Waals surface area contributed by atoms with E-state index in [1.54, 1.807) is 20.3 Å². The molecule has 0 saturated heterocycles. The Bertz CT molecular complexity index is 369. The van der Waals surface area contributed by atoms with Crippen molar-refractivity contribution in [3.05, 3.63) is 23.8 Å². The van der Waals surface area contributed by atoms with E-state index in [2.05, 4.69) is 17.3 Å². The fourth-order valence-corrected chi connectivity index (χ4v) is 1.39. The molecule has 0 radical (unpaired) electrons. The molecule has 0 aromatic heterocycles. The second-order valence-corrected chi connectivity index (χ2v) is 3.48. The van der Waals surface area contributed by atoms with Crippen LogP contribution < -0.4 is 20.7 Å². The van der Waals surface area contributed by atoms with E-state index in [0.717, 1.165) is 18.5 Å². The molecule has 3 N–H and O–H groups in total. The first-order valence-corrected chi connectivity index (χ1v) is 5.49. The van der Waals surface area contributed by atoms with Crippen molar-refractivity contribution >= 4 is 5.84 Å². The molecule has 0 atom stereocenters. The Kier molecular flexibility index (Phi) is 5.29. The third-order valence-electron chi connectivity index (χ3n) is 2.26. The predicted octanol–water partition coefficient (Wildman–Crippen LogP) is 1.32. The fraction of sp³-hybridized carbons (Fsp3) is 0.417. The van der Waals surface area contributed by atoms with E-state index in [0.29, 0.717) is 17.3 Å². The summed E-state index contributed by atoms with van der Waals surface area (Å²) < 4.78 is 10.4. The zero-order chi connectivity index (χ0) is 12.7. The number of benzene rings is 1. The summed E-state index contributed by atoms with van der Waals surface area (Å²) in [5, 5.41) is 0. The van der Waals surface area contributed by atoms with E-state index in [1.165, 1.54) is 0 Å². The number of ether oxygens (including phenoxy) is 2. The topological polar surface area (TPSA) is 68.9 Å². The number of nitrogens with zero attached hydrogens (tertiary/aromatic N) is 1. The van der Waals surface area contributed by atoms with Crippen LogP contribution in [0, 0.1) is 0 Å². The average Bonchev–Trinajstić information content (AvgIpc) is 2.39. The van der Waals surface area contributed by atoms with Gasteiger partial charge in [-0.1, -0.05) is 6.92 Å². The number of rotatable bonds is 5. The zero-order valence-electron chi connectivity index (χ0n) is 10.5. The smallest absolute Gasteiger partial charge is 0.142 e. The average molecular weight is 237 g/mol. The van der Waals surface area contributed by atoms with E-state index >= 15 is 0 Å². The molecule has 0 fully saturated rings. The number of methoxy groups -OCH3 is 2. The summed E-state index contributed by atoms with van der Waals surface area (Å²) in [7, 11) is 3.22. The quantitative estimate of drug-likeness (QED) is 0.351. The molecule has 94 valence electrons. The SMILES string of the molecule is CCCN=C(NN)c1cc(OC)cc(OC)c1. The molecule has 0 aliphatic rings. The summed E-state index contributed by atoms with van der Waals surface area (Å²) in [6.45, 7) is 2.78. The minimum Gasteiger partial charge on any atom is -0.497 e. The maximum Gasteiger partial charge on any atom is 0.142 e. The van der Waals surface area contributed by atoms with E-state index in [-0.39, 0.29) is 0 Å². The van der Waals surface area contributed by atoms with Gasteiger partial charge in [0.05, 0.1) is 14.2 Å². The lowest BCUT2D eigenvalue weighted by molar-refractivity contribution is 0.394. The molecule has 17 heavy (non-hydrogen) atoms.